The molecule has 0 spiro atoms. The summed E-state index contributed by atoms with van der Waals surface area (Å²) in [5.41, 5.74) is 6.95. The second-order valence-corrected chi connectivity index (χ2v) is 2.18. The van der Waals surface area contributed by atoms with Crippen LogP contribution in [0.3, 0.4) is 0 Å². The van der Waals surface area contributed by atoms with Crippen molar-refractivity contribution in [2.24, 2.45) is 0 Å². The maximum atomic E-state index is 10.4. The van der Waals surface area contributed by atoms with E-state index in [-0.39, 0.29) is 0 Å². The first kappa shape index (κ1) is 6.23. The fourth-order valence-electron chi connectivity index (χ4n) is 1.03. The summed E-state index contributed by atoms with van der Waals surface area (Å²) in [5, 5.41) is 0. The zero-order valence-corrected chi connectivity index (χ0v) is 5.66. The van der Waals surface area contributed by atoms with E-state index in [2.05, 4.69) is 20.8 Å². The number of hydrogen-bond acceptors (Lipinski definition) is 5. The highest BCUT2D eigenvalue weighted by Crippen LogP contribution is 2.16. The lowest BCUT2D eigenvalue weighted by Crippen LogP contribution is -2.11. The molecule has 56 valence electrons. The van der Waals surface area contributed by atoms with Crippen molar-refractivity contribution in [2.75, 3.05) is 5.43 Å². The van der Waals surface area contributed by atoms with E-state index in [1.54, 1.807) is 0 Å². The summed E-state index contributed by atoms with van der Waals surface area (Å²) < 4.78 is 0. The van der Waals surface area contributed by atoms with Gasteiger partial charge >= 0.3 is 0 Å². The number of nitrogens with zero attached hydrogens (tertiary/aromatic N) is 2. The van der Waals surface area contributed by atoms with Crippen molar-refractivity contribution in [3.63, 3.8) is 0 Å². The first-order valence-electron chi connectivity index (χ1n) is 3.20. The average molecular weight is 150 g/mol. The second kappa shape index (κ2) is 2.28. The molecular formula is C6H6N4O. The highest BCUT2D eigenvalue weighted by Gasteiger charge is 2.14. The molecule has 0 aromatic carbocycles. The summed E-state index contributed by atoms with van der Waals surface area (Å²) >= 11 is 0. The predicted molar refractivity (Wildman–Crippen MR) is 37.9 cm³/mol. The monoisotopic (exact) mass is 150 g/mol. The van der Waals surface area contributed by atoms with Crippen LogP contribution in [-0.2, 0) is 6.54 Å². The topological polar surface area (TPSA) is 66.9 Å². The standard InChI is InChI=1S/C6H6N4O/c11-2-5-4-1-9-10-6(4)8-3-7-5/h2-3,9H,1H2,(H,7,8,10). The van der Waals surface area contributed by atoms with E-state index in [0.717, 1.165) is 11.8 Å². The van der Waals surface area contributed by atoms with E-state index in [1.165, 1.54) is 6.33 Å². The Morgan fingerprint density at radius 1 is 1.55 bits per heavy atom. The Labute approximate surface area is 62.8 Å². The zero-order chi connectivity index (χ0) is 7.68. The molecule has 11 heavy (non-hydrogen) atoms. The summed E-state index contributed by atoms with van der Waals surface area (Å²) in [7, 11) is 0. The molecule has 0 unspecified atom stereocenters. The highest BCUT2D eigenvalue weighted by atomic mass is 16.1. The maximum Gasteiger partial charge on any atom is 0.168 e. The van der Waals surface area contributed by atoms with Crippen LogP contribution in [-0.4, -0.2) is 16.3 Å². The van der Waals surface area contributed by atoms with Gasteiger partial charge < -0.3 is 5.43 Å². The van der Waals surface area contributed by atoms with Crippen molar-refractivity contribution in [1.29, 1.82) is 0 Å². The Bertz CT molecular complexity index is 299. The highest BCUT2D eigenvalue weighted by molar-refractivity contribution is 5.77. The number of hydrazine groups is 1. The van der Waals surface area contributed by atoms with Crippen LogP contribution in [0.1, 0.15) is 16.1 Å². The van der Waals surface area contributed by atoms with E-state index < -0.39 is 0 Å². The average Bonchev–Trinajstić information content (AvgIpc) is 2.50. The first-order chi connectivity index (χ1) is 5.42. The number of hydrogen-bond donors (Lipinski definition) is 2. The minimum absolute atomic E-state index is 0.451. The molecule has 0 fully saturated rings. The van der Waals surface area contributed by atoms with Gasteiger partial charge in [0.2, 0.25) is 0 Å². The lowest BCUT2D eigenvalue weighted by atomic mass is 10.2. The summed E-state index contributed by atoms with van der Waals surface area (Å²) in [6.45, 7) is 0.601. The molecule has 0 aliphatic carbocycles. The van der Waals surface area contributed by atoms with Crippen molar-refractivity contribution in [2.45, 2.75) is 6.54 Å². The summed E-state index contributed by atoms with van der Waals surface area (Å²) in [5.74, 6) is 0.696. The molecule has 0 saturated carbocycles. The van der Waals surface area contributed by atoms with E-state index in [0.29, 0.717) is 18.1 Å². The Hall–Kier alpha value is -1.49. The fourth-order valence-corrected chi connectivity index (χ4v) is 1.03. The van der Waals surface area contributed by atoms with E-state index >= 15 is 0 Å². The summed E-state index contributed by atoms with van der Waals surface area (Å²) in [6, 6.07) is 0. The number of aromatic nitrogens is 2. The third kappa shape index (κ3) is 0.857. The number of rotatable bonds is 1. The molecule has 5 nitrogen and oxygen atoms in total. The van der Waals surface area contributed by atoms with Crippen LogP contribution >= 0.6 is 0 Å². The molecule has 2 heterocycles. The first-order valence-corrected chi connectivity index (χ1v) is 3.20. The van der Waals surface area contributed by atoms with Gasteiger partial charge in [0.1, 0.15) is 17.8 Å². The van der Waals surface area contributed by atoms with Crippen molar-refractivity contribution in [3.8, 4) is 0 Å². The normalized spacial score (nSPS) is 13.8. The number of fused-ring (bicyclic) bond motifs is 1. The van der Waals surface area contributed by atoms with Crippen LogP contribution in [0.2, 0.25) is 0 Å². The number of carbonyl (C=O) groups excluding carboxylic acids is 1. The van der Waals surface area contributed by atoms with Crippen molar-refractivity contribution in [3.05, 3.63) is 17.6 Å². The summed E-state index contributed by atoms with van der Waals surface area (Å²) in [6.07, 6.45) is 2.09. The molecule has 1 aromatic rings. The fraction of sp³-hybridized carbons (Fsp3) is 0.167. The number of nitrogens with one attached hydrogen (secondary N) is 2. The summed E-state index contributed by atoms with van der Waals surface area (Å²) in [4.78, 5) is 18.2. The van der Waals surface area contributed by atoms with E-state index in [1.807, 2.05) is 0 Å². The van der Waals surface area contributed by atoms with Crippen LogP contribution in [0.15, 0.2) is 6.33 Å². The Kier molecular flexibility index (Phi) is 1.29. The van der Waals surface area contributed by atoms with Gasteiger partial charge in [-0.15, -0.1) is 0 Å². The van der Waals surface area contributed by atoms with Crippen molar-refractivity contribution < 1.29 is 4.79 Å². The quantitative estimate of drug-likeness (QED) is 0.539. The van der Waals surface area contributed by atoms with Gasteiger partial charge in [-0.25, -0.2) is 15.4 Å². The molecule has 1 aliphatic heterocycles. The van der Waals surface area contributed by atoms with Gasteiger partial charge in [0.25, 0.3) is 0 Å². The van der Waals surface area contributed by atoms with Gasteiger partial charge in [-0.2, -0.15) is 0 Å². The zero-order valence-electron chi connectivity index (χ0n) is 5.66. The molecule has 2 N–H and O–H groups in total. The minimum Gasteiger partial charge on any atom is -0.305 e. The van der Waals surface area contributed by atoms with Gasteiger partial charge in [0.15, 0.2) is 6.29 Å². The molecule has 0 bridgehead atoms. The van der Waals surface area contributed by atoms with Crippen LogP contribution < -0.4 is 10.9 Å². The lowest BCUT2D eigenvalue weighted by Gasteiger charge is -1.96. The van der Waals surface area contributed by atoms with E-state index in [4.69, 9.17) is 0 Å². The van der Waals surface area contributed by atoms with Gasteiger partial charge in [-0.05, 0) is 0 Å². The second-order valence-electron chi connectivity index (χ2n) is 2.18. The predicted octanol–water partition coefficient (Wildman–Crippen LogP) is -0.281. The van der Waals surface area contributed by atoms with Crippen LogP contribution in [0.5, 0.6) is 0 Å². The van der Waals surface area contributed by atoms with Gasteiger partial charge in [0.05, 0.1) is 0 Å². The van der Waals surface area contributed by atoms with Gasteiger partial charge in [0, 0.05) is 12.1 Å². The largest absolute Gasteiger partial charge is 0.305 e. The third-order valence-corrected chi connectivity index (χ3v) is 1.56. The SMILES string of the molecule is O=Cc1ncnc2c1CNN2. The molecular weight excluding hydrogens is 144 g/mol. The Morgan fingerprint density at radius 3 is 3.27 bits per heavy atom. The maximum absolute atomic E-state index is 10.4. The third-order valence-electron chi connectivity index (χ3n) is 1.56. The van der Waals surface area contributed by atoms with Gasteiger partial charge in [-0.3, -0.25) is 4.79 Å². The van der Waals surface area contributed by atoms with Gasteiger partial charge in [-0.1, -0.05) is 0 Å². The number of aldehydes is 1. The number of carbonyl (C=O) groups is 1. The Balaban J connectivity index is 2.58. The molecule has 5 heteroatoms. The van der Waals surface area contributed by atoms with Crippen LogP contribution in [0.25, 0.3) is 0 Å². The van der Waals surface area contributed by atoms with Crippen LogP contribution in [0.4, 0.5) is 5.82 Å². The molecule has 0 radical (unpaired) electrons. The smallest absolute Gasteiger partial charge is 0.168 e. The number of anilines is 1. The minimum atomic E-state index is 0.451. The molecule has 0 atom stereocenters. The van der Waals surface area contributed by atoms with Crippen molar-refractivity contribution in [1.82, 2.24) is 15.4 Å². The molecule has 1 aliphatic rings. The molecule has 2 rings (SSSR count). The molecule has 0 amide bonds. The van der Waals surface area contributed by atoms with Crippen LogP contribution in [0, 0.1) is 0 Å². The Morgan fingerprint density at radius 2 is 2.45 bits per heavy atom. The molecule has 0 saturated heterocycles. The lowest BCUT2D eigenvalue weighted by molar-refractivity contribution is 0.111. The molecule has 1 aromatic heterocycles. The van der Waals surface area contributed by atoms with Crippen molar-refractivity contribution >= 4 is 12.1 Å². The van der Waals surface area contributed by atoms with E-state index in [9.17, 15) is 4.79 Å².